The topological polar surface area (TPSA) is 23.8 Å². The molecule has 0 aromatic heterocycles. The average molecular weight is 374 g/mol. The Morgan fingerprint density at radius 1 is 0.704 bits per heavy atom. The molecule has 0 aromatic rings. The lowest BCUT2D eigenvalue weighted by atomic mass is 9.57. The maximum Gasteiger partial charge on any atom is 0.0661 e. The van der Waals surface area contributed by atoms with Crippen LogP contribution in [0.5, 0.6) is 0 Å². The molecule has 2 fully saturated rings. The third kappa shape index (κ3) is 6.80. The molecule has 1 atom stereocenters. The van der Waals surface area contributed by atoms with E-state index in [4.69, 9.17) is 0 Å². The fourth-order valence-corrected chi connectivity index (χ4v) is 6.35. The van der Waals surface area contributed by atoms with Gasteiger partial charge in [-0.25, -0.2) is 0 Å². The second-order valence-corrected chi connectivity index (χ2v) is 10.1. The molecule has 2 aliphatic carbocycles. The summed E-state index contributed by atoms with van der Waals surface area (Å²) in [5.41, 5.74) is 0.858. The predicted octanol–water partition coefficient (Wildman–Crippen LogP) is 8.97. The Morgan fingerprint density at radius 2 is 1.30 bits per heavy atom. The number of nitriles is 1. The number of rotatable bonds is 12. The molecular weight excluding hydrogens is 326 g/mol. The van der Waals surface area contributed by atoms with Crippen molar-refractivity contribution in [3.8, 4) is 6.07 Å². The van der Waals surface area contributed by atoms with Gasteiger partial charge in [0.05, 0.1) is 12.0 Å². The van der Waals surface area contributed by atoms with Crippen LogP contribution in [-0.2, 0) is 0 Å². The van der Waals surface area contributed by atoms with Crippen molar-refractivity contribution in [2.24, 2.45) is 16.7 Å². The van der Waals surface area contributed by atoms with E-state index in [2.05, 4.69) is 19.9 Å². The molecule has 0 heterocycles. The summed E-state index contributed by atoms with van der Waals surface area (Å²) in [5, 5.41) is 10.3. The van der Waals surface area contributed by atoms with Gasteiger partial charge in [0.1, 0.15) is 0 Å². The molecule has 27 heavy (non-hydrogen) atoms. The largest absolute Gasteiger partial charge is 0.198 e. The second-order valence-electron chi connectivity index (χ2n) is 10.1. The fourth-order valence-electron chi connectivity index (χ4n) is 6.35. The summed E-state index contributed by atoms with van der Waals surface area (Å²) >= 11 is 0. The summed E-state index contributed by atoms with van der Waals surface area (Å²) in [6.45, 7) is 4.62. The van der Waals surface area contributed by atoms with Crippen molar-refractivity contribution in [1.82, 2.24) is 0 Å². The van der Waals surface area contributed by atoms with Crippen LogP contribution in [0, 0.1) is 28.1 Å². The van der Waals surface area contributed by atoms with Crippen LogP contribution in [0.2, 0.25) is 0 Å². The quantitative estimate of drug-likeness (QED) is 0.313. The normalized spacial score (nSPS) is 22.9. The average Bonchev–Trinajstić information content (AvgIpc) is 2.72. The molecule has 156 valence electrons. The maximum absolute atomic E-state index is 10.3. The van der Waals surface area contributed by atoms with E-state index in [1.54, 1.807) is 0 Å². The van der Waals surface area contributed by atoms with E-state index in [-0.39, 0.29) is 0 Å². The Hall–Kier alpha value is -0.510. The second kappa shape index (κ2) is 12.1. The summed E-state index contributed by atoms with van der Waals surface area (Å²) in [7, 11) is 0. The molecule has 2 saturated carbocycles. The Labute approximate surface area is 170 Å². The number of nitrogens with zero attached hydrogens (tertiary/aromatic N) is 1. The van der Waals surface area contributed by atoms with Crippen LogP contribution >= 0.6 is 0 Å². The van der Waals surface area contributed by atoms with Gasteiger partial charge in [0.15, 0.2) is 0 Å². The van der Waals surface area contributed by atoms with E-state index >= 15 is 0 Å². The lowest BCUT2D eigenvalue weighted by Gasteiger charge is -2.46. The lowest BCUT2D eigenvalue weighted by Crippen LogP contribution is -2.37. The molecule has 0 aliphatic heterocycles. The minimum Gasteiger partial charge on any atom is -0.198 e. The molecule has 0 bridgehead atoms. The van der Waals surface area contributed by atoms with Crippen molar-refractivity contribution in [3.05, 3.63) is 0 Å². The smallest absolute Gasteiger partial charge is 0.0661 e. The predicted molar refractivity (Wildman–Crippen MR) is 118 cm³/mol. The van der Waals surface area contributed by atoms with Crippen molar-refractivity contribution < 1.29 is 0 Å². The van der Waals surface area contributed by atoms with E-state index in [1.165, 1.54) is 128 Å². The van der Waals surface area contributed by atoms with Crippen LogP contribution in [0.1, 0.15) is 142 Å². The van der Waals surface area contributed by atoms with Crippen LogP contribution in [0.4, 0.5) is 0 Å². The molecule has 0 aromatic carbocycles. The first kappa shape index (κ1) is 22.8. The number of hydrogen-bond donors (Lipinski definition) is 0. The molecular formula is C26H47N. The Kier molecular flexibility index (Phi) is 10.2. The zero-order chi connectivity index (χ0) is 19.4. The first-order chi connectivity index (χ1) is 13.2. The van der Waals surface area contributed by atoms with Crippen LogP contribution in [0.15, 0.2) is 0 Å². The van der Waals surface area contributed by atoms with Gasteiger partial charge in [-0.3, -0.25) is 0 Å². The standard InChI is InChI=1S/C26H47N/c1-3-5-7-8-11-16-25(17-12-9-13-18-25)22-24(23-27)26(19-6-4-2)20-14-10-15-21-26/h24H,3-22H2,1-2H3. The SMILES string of the molecule is CCCCCCCC1(CC(C#N)C2(CCCC)CCCCC2)CCCCC1. The van der Waals surface area contributed by atoms with E-state index < -0.39 is 0 Å². The minimum absolute atomic E-state index is 0.318. The molecule has 0 N–H and O–H groups in total. The van der Waals surface area contributed by atoms with Gasteiger partial charge in [0, 0.05) is 0 Å². The molecule has 2 aliphatic rings. The highest BCUT2D eigenvalue weighted by Crippen LogP contribution is 2.53. The minimum atomic E-state index is 0.318. The maximum atomic E-state index is 10.3. The zero-order valence-corrected chi connectivity index (χ0v) is 18.7. The molecule has 1 heteroatoms. The fraction of sp³-hybridized carbons (Fsp3) is 0.962. The van der Waals surface area contributed by atoms with Gasteiger partial charge in [-0.2, -0.15) is 5.26 Å². The summed E-state index contributed by atoms with van der Waals surface area (Å²) < 4.78 is 0. The van der Waals surface area contributed by atoms with E-state index in [0.717, 1.165) is 0 Å². The third-order valence-corrected chi connectivity index (χ3v) is 8.13. The van der Waals surface area contributed by atoms with E-state index in [0.29, 0.717) is 16.7 Å². The number of hydrogen-bond acceptors (Lipinski definition) is 1. The van der Waals surface area contributed by atoms with Crippen molar-refractivity contribution in [2.45, 2.75) is 142 Å². The van der Waals surface area contributed by atoms with Crippen molar-refractivity contribution in [2.75, 3.05) is 0 Å². The van der Waals surface area contributed by atoms with Gasteiger partial charge in [0.2, 0.25) is 0 Å². The van der Waals surface area contributed by atoms with Crippen LogP contribution in [-0.4, -0.2) is 0 Å². The molecule has 0 radical (unpaired) electrons. The molecule has 2 rings (SSSR count). The van der Waals surface area contributed by atoms with Crippen LogP contribution < -0.4 is 0 Å². The Morgan fingerprint density at radius 3 is 1.89 bits per heavy atom. The van der Waals surface area contributed by atoms with Gasteiger partial charge < -0.3 is 0 Å². The number of unbranched alkanes of at least 4 members (excludes halogenated alkanes) is 5. The molecule has 1 nitrogen and oxygen atoms in total. The van der Waals surface area contributed by atoms with Crippen LogP contribution in [0.25, 0.3) is 0 Å². The summed E-state index contributed by atoms with van der Waals surface area (Å²) in [6, 6.07) is 2.90. The molecule has 0 spiro atoms. The summed E-state index contributed by atoms with van der Waals surface area (Å²) in [4.78, 5) is 0. The Bertz CT molecular complexity index is 420. The van der Waals surface area contributed by atoms with Crippen molar-refractivity contribution in [1.29, 1.82) is 5.26 Å². The highest BCUT2D eigenvalue weighted by Gasteiger charge is 2.44. The van der Waals surface area contributed by atoms with Crippen LogP contribution in [0.3, 0.4) is 0 Å². The summed E-state index contributed by atoms with van der Waals surface area (Å²) in [6.07, 6.45) is 27.4. The van der Waals surface area contributed by atoms with Gasteiger partial charge in [-0.05, 0) is 55.8 Å². The monoisotopic (exact) mass is 373 g/mol. The molecule has 0 amide bonds. The lowest BCUT2D eigenvalue weighted by molar-refractivity contribution is 0.0488. The van der Waals surface area contributed by atoms with Crippen molar-refractivity contribution >= 4 is 0 Å². The first-order valence-corrected chi connectivity index (χ1v) is 12.6. The highest BCUT2D eigenvalue weighted by atomic mass is 14.5. The van der Waals surface area contributed by atoms with E-state index in [9.17, 15) is 5.26 Å². The van der Waals surface area contributed by atoms with Crippen molar-refractivity contribution in [3.63, 3.8) is 0 Å². The highest BCUT2D eigenvalue weighted by molar-refractivity contribution is 5.02. The van der Waals surface area contributed by atoms with Gasteiger partial charge >= 0.3 is 0 Å². The van der Waals surface area contributed by atoms with Gasteiger partial charge in [0.25, 0.3) is 0 Å². The third-order valence-electron chi connectivity index (χ3n) is 8.13. The Balaban J connectivity index is 2.06. The van der Waals surface area contributed by atoms with Gasteiger partial charge in [-0.1, -0.05) is 97.3 Å². The molecule has 0 saturated heterocycles. The first-order valence-electron chi connectivity index (χ1n) is 12.6. The van der Waals surface area contributed by atoms with Gasteiger partial charge in [-0.15, -0.1) is 0 Å². The summed E-state index contributed by atoms with van der Waals surface area (Å²) in [5.74, 6) is 0.318. The van der Waals surface area contributed by atoms with E-state index in [1.807, 2.05) is 0 Å². The molecule has 1 unspecified atom stereocenters. The zero-order valence-electron chi connectivity index (χ0n) is 18.7.